The van der Waals surface area contributed by atoms with Gasteiger partial charge in [0.25, 0.3) is 0 Å². The summed E-state index contributed by atoms with van der Waals surface area (Å²) in [5, 5.41) is 1.02. The van der Waals surface area contributed by atoms with Crippen molar-refractivity contribution in [3.05, 3.63) is 44.6 Å². The number of thioether (sulfide) groups is 1. The Balaban J connectivity index is 1.22. The number of amides is 3. The molecule has 0 aromatic carbocycles. The number of hydrogen-bond acceptors (Lipinski definition) is 8. The van der Waals surface area contributed by atoms with E-state index in [4.69, 9.17) is 4.74 Å². The van der Waals surface area contributed by atoms with Gasteiger partial charge in [-0.05, 0) is 35.8 Å². The molecule has 3 aliphatic heterocycles. The first-order chi connectivity index (χ1) is 17.0. The predicted octanol–water partition coefficient (Wildman–Crippen LogP) is 1.16. The highest BCUT2D eigenvalue weighted by atomic mass is 32.2. The number of aromatic nitrogens is 2. The quantitative estimate of drug-likeness (QED) is 0.614. The first kappa shape index (κ1) is 21.8. The van der Waals surface area contributed by atoms with Crippen LogP contribution < -0.4 is 4.87 Å². The van der Waals surface area contributed by atoms with E-state index in [1.807, 2.05) is 18.3 Å². The lowest BCUT2D eigenvalue weighted by molar-refractivity contribution is -0.148. The third kappa shape index (κ3) is 3.14. The van der Waals surface area contributed by atoms with E-state index in [1.54, 1.807) is 22.9 Å². The molecule has 2 saturated heterocycles. The molecule has 5 aliphatic rings. The van der Waals surface area contributed by atoms with Crippen LogP contribution in [0.15, 0.2) is 34.3 Å². The smallest absolute Gasteiger partial charge is 0.305 e. The SMILES string of the molecule is O=C(CN1C(=O)[C@@H]2[C@H]3C[C@@H]([C@H]4Sc5[nH]c(=O)sc5[C@H](c5cccnc5)[C@@H]34)[C@H]2C1=O)N1CCOCC1. The van der Waals surface area contributed by atoms with Crippen LogP contribution in [-0.4, -0.2) is 75.6 Å². The van der Waals surface area contributed by atoms with Gasteiger partial charge < -0.3 is 14.6 Å². The minimum Gasteiger partial charge on any atom is -0.378 e. The number of carbonyl (C=O) groups excluding carboxylic acids is 3. The number of ether oxygens (including phenoxy) is 1. The minimum atomic E-state index is -0.386. The van der Waals surface area contributed by atoms with Crippen molar-refractivity contribution in [2.45, 2.75) is 22.6 Å². The highest BCUT2D eigenvalue weighted by Crippen LogP contribution is 2.68. The molecule has 5 heterocycles. The average molecular weight is 513 g/mol. The summed E-state index contributed by atoms with van der Waals surface area (Å²) in [4.78, 5) is 63.4. The molecule has 1 N–H and O–H groups in total. The van der Waals surface area contributed by atoms with Crippen LogP contribution in [0.3, 0.4) is 0 Å². The van der Waals surface area contributed by atoms with E-state index in [9.17, 15) is 19.2 Å². The van der Waals surface area contributed by atoms with Crippen LogP contribution in [0.5, 0.6) is 0 Å². The van der Waals surface area contributed by atoms with Crippen LogP contribution in [0, 0.1) is 29.6 Å². The second kappa shape index (κ2) is 8.01. The first-order valence-electron chi connectivity index (χ1n) is 12.0. The van der Waals surface area contributed by atoms with Gasteiger partial charge in [-0.15, -0.1) is 11.8 Å². The fraction of sp³-hybridized carbons (Fsp3) is 0.542. The average Bonchev–Trinajstić information content (AvgIpc) is 3.61. The van der Waals surface area contributed by atoms with E-state index >= 15 is 0 Å². The number of H-pyrrole nitrogens is 1. The number of nitrogens with zero attached hydrogens (tertiary/aromatic N) is 3. The van der Waals surface area contributed by atoms with Gasteiger partial charge in [-0.25, -0.2) is 0 Å². The van der Waals surface area contributed by atoms with Gasteiger partial charge in [0, 0.05) is 41.5 Å². The molecule has 0 spiro atoms. The summed E-state index contributed by atoms with van der Waals surface area (Å²) in [6.45, 7) is 1.75. The highest BCUT2D eigenvalue weighted by molar-refractivity contribution is 8.00. The van der Waals surface area contributed by atoms with Gasteiger partial charge in [-0.1, -0.05) is 17.4 Å². The van der Waals surface area contributed by atoms with Crippen LogP contribution in [-0.2, 0) is 19.1 Å². The van der Waals surface area contributed by atoms with E-state index in [-0.39, 0.29) is 69.9 Å². The molecular formula is C24H24N4O5S2. The van der Waals surface area contributed by atoms with Crippen LogP contribution in [0.25, 0.3) is 0 Å². The molecule has 0 unspecified atom stereocenters. The predicted molar refractivity (Wildman–Crippen MR) is 127 cm³/mol. The summed E-state index contributed by atoms with van der Waals surface area (Å²) in [6.07, 6.45) is 4.42. The second-order valence-electron chi connectivity index (χ2n) is 10.0. The topological polar surface area (TPSA) is 113 Å². The van der Waals surface area contributed by atoms with Gasteiger partial charge in [0.1, 0.15) is 6.54 Å². The van der Waals surface area contributed by atoms with Crippen molar-refractivity contribution in [3.63, 3.8) is 0 Å². The van der Waals surface area contributed by atoms with Crippen molar-refractivity contribution < 1.29 is 19.1 Å². The number of pyridine rings is 1. The summed E-state index contributed by atoms with van der Waals surface area (Å²) >= 11 is 2.90. The molecule has 35 heavy (non-hydrogen) atoms. The number of hydrogen-bond donors (Lipinski definition) is 1. The van der Waals surface area contributed by atoms with Gasteiger partial charge in [0.05, 0.1) is 30.1 Å². The number of fused-ring (bicyclic) bond motifs is 9. The Morgan fingerprint density at radius 2 is 1.91 bits per heavy atom. The molecule has 2 bridgehead atoms. The molecule has 2 aliphatic carbocycles. The van der Waals surface area contributed by atoms with Crippen LogP contribution in [0.2, 0.25) is 0 Å². The summed E-state index contributed by atoms with van der Waals surface area (Å²) in [5.41, 5.74) is 1.04. The molecule has 182 valence electrons. The molecular weight excluding hydrogens is 488 g/mol. The third-order valence-corrected chi connectivity index (χ3v) is 11.1. The van der Waals surface area contributed by atoms with Gasteiger partial charge in [-0.3, -0.25) is 29.1 Å². The standard InChI is InChI=1S/C24H24N4O5S2/c29-14(27-4-6-33-7-5-27)10-28-22(30)17-12-8-13(18(17)23(28)31)19-16(12)15(11-2-1-3-25-9-11)20-21(34-19)26-24(32)35-20/h1-3,9,12-13,15-19H,4-8,10H2,(H,26,32)/t12-,13+,15+,16+,17+,18+,19+/m0/s1. The Morgan fingerprint density at radius 1 is 1.14 bits per heavy atom. The maximum atomic E-state index is 13.6. The first-order valence-corrected chi connectivity index (χ1v) is 13.7. The third-order valence-electron chi connectivity index (χ3n) is 8.52. The lowest BCUT2D eigenvalue weighted by Gasteiger charge is -2.42. The molecule has 2 aromatic heterocycles. The van der Waals surface area contributed by atoms with E-state index in [0.717, 1.165) is 21.9 Å². The van der Waals surface area contributed by atoms with Crippen molar-refractivity contribution in [3.8, 4) is 0 Å². The van der Waals surface area contributed by atoms with Crippen LogP contribution in [0.4, 0.5) is 0 Å². The van der Waals surface area contributed by atoms with E-state index < -0.39 is 0 Å². The number of aromatic amines is 1. The summed E-state index contributed by atoms with van der Waals surface area (Å²) < 4.78 is 5.32. The fourth-order valence-corrected chi connectivity index (χ4v) is 10.1. The lowest BCUT2D eigenvalue weighted by atomic mass is 9.68. The molecule has 11 heteroatoms. The molecule has 9 nitrogen and oxygen atoms in total. The van der Waals surface area contributed by atoms with Crippen LogP contribution in [0.1, 0.15) is 22.8 Å². The zero-order valence-electron chi connectivity index (χ0n) is 18.8. The lowest BCUT2D eigenvalue weighted by Crippen LogP contribution is -2.47. The Labute approximate surface area is 209 Å². The molecule has 7 atom stereocenters. The second-order valence-corrected chi connectivity index (χ2v) is 12.2. The van der Waals surface area contributed by atoms with Crippen molar-refractivity contribution in [1.29, 1.82) is 0 Å². The molecule has 4 fully saturated rings. The van der Waals surface area contributed by atoms with E-state index in [1.165, 1.54) is 16.2 Å². The van der Waals surface area contributed by atoms with Crippen molar-refractivity contribution in [2.24, 2.45) is 29.6 Å². The number of carbonyl (C=O) groups is 3. The summed E-state index contributed by atoms with van der Waals surface area (Å²) in [7, 11) is 0. The zero-order chi connectivity index (χ0) is 23.8. The van der Waals surface area contributed by atoms with Gasteiger partial charge in [0.15, 0.2) is 0 Å². The van der Waals surface area contributed by atoms with E-state index in [2.05, 4.69) is 9.97 Å². The molecule has 0 radical (unpaired) electrons. The van der Waals surface area contributed by atoms with Gasteiger partial charge >= 0.3 is 4.87 Å². The highest BCUT2D eigenvalue weighted by Gasteiger charge is 2.69. The molecule has 3 amide bonds. The normalized spacial score (nSPS) is 35.3. The maximum absolute atomic E-state index is 13.6. The van der Waals surface area contributed by atoms with Crippen LogP contribution >= 0.6 is 23.1 Å². The zero-order valence-corrected chi connectivity index (χ0v) is 20.4. The van der Waals surface area contributed by atoms with Crippen molar-refractivity contribution >= 4 is 40.8 Å². The molecule has 2 aromatic rings. The van der Waals surface area contributed by atoms with Gasteiger partial charge in [-0.2, -0.15) is 0 Å². The Morgan fingerprint density at radius 3 is 2.66 bits per heavy atom. The number of nitrogens with one attached hydrogen (secondary N) is 1. The number of imide groups is 1. The Kier molecular flexibility index (Phi) is 4.98. The number of morpholine rings is 1. The van der Waals surface area contributed by atoms with E-state index in [0.29, 0.717) is 26.3 Å². The van der Waals surface area contributed by atoms with Crippen molar-refractivity contribution in [2.75, 3.05) is 32.8 Å². The number of likely N-dealkylation sites (tertiary alicyclic amines) is 1. The largest absolute Gasteiger partial charge is 0.378 e. The monoisotopic (exact) mass is 512 g/mol. The molecule has 2 saturated carbocycles. The number of rotatable bonds is 3. The fourth-order valence-electron chi connectivity index (χ4n) is 7.22. The summed E-state index contributed by atoms with van der Waals surface area (Å²) in [6, 6.07) is 3.94. The minimum absolute atomic E-state index is 0.0308. The maximum Gasteiger partial charge on any atom is 0.305 e. The summed E-state index contributed by atoms with van der Waals surface area (Å²) in [5.74, 6) is -1.15. The number of thiazole rings is 1. The Hall–Kier alpha value is -2.50. The molecule has 7 rings (SSSR count). The van der Waals surface area contributed by atoms with Gasteiger partial charge in [0.2, 0.25) is 17.7 Å². The Bertz CT molecular complexity index is 1270. The van der Waals surface area contributed by atoms with Crippen molar-refractivity contribution in [1.82, 2.24) is 19.8 Å².